The number of hydrogen-bond acceptors (Lipinski definition) is 5. The molecule has 0 radical (unpaired) electrons. The number of aromatic nitrogens is 1. The average Bonchev–Trinajstić information content (AvgIpc) is 3.02. The minimum Gasteiger partial charge on any atom is -0.478 e. The van der Waals surface area contributed by atoms with E-state index in [0.29, 0.717) is 17.9 Å². The number of nitrogens with one attached hydrogen (secondary N) is 1. The summed E-state index contributed by atoms with van der Waals surface area (Å²) in [7, 11) is 0. The van der Waals surface area contributed by atoms with Gasteiger partial charge in [0.05, 0.1) is 12.7 Å². The van der Waals surface area contributed by atoms with Crippen LogP contribution in [0.25, 0.3) is 6.08 Å². The van der Waals surface area contributed by atoms with Crippen LogP contribution in [0, 0.1) is 6.92 Å². The minimum absolute atomic E-state index is 0.250. The number of thiophene rings is 1. The standard InChI is InChI=1S/C13H12N2O4S/c1-8-11(7-15-19-8)13(18)14-6-10-3-2-9(20-10)4-5-12(16)17/h2-5,7H,6H2,1H3,(H,14,18)(H,16,17). The van der Waals surface area contributed by atoms with Gasteiger partial charge in [-0.2, -0.15) is 0 Å². The van der Waals surface area contributed by atoms with Crippen molar-refractivity contribution in [3.8, 4) is 0 Å². The summed E-state index contributed by atoms with van der Waals surface area (Å²) < 4.78 is 4.82. The van der Waals surface area contributed by atoms with E-state index >= 15 is 0 Å². The normalized spacial score (nSPS) is 10.8. The molecule has 0 fully saturated rings. The lowest BCUT2D eigenvalue weighted by atomic mass is 10.2. The Labute approximate surface area is 118 Å². The summed E-state index contributed by atoms with van der Waals surface area (Å²) in [6, 6.07) is 3.64. The molecule has 2 heterocycles. The Kier molecular flexibility index (Phi) is 4.31. The highest BCUT2D eigenvalue weighted by Gasteiger charge is 2.12. The van der Waals surface area contributed by atoms with Crippen molar-refractivity contribution in [3.05, 3.63) is 45.5 Å². The Morgan fingerprint density at radius 3 is 2.95 bits per heavy atom. The van der Waals surface area contributed by atoms with Gasteiger partial charge in [0.15, 0.2) is 0 Å². The van der Waals surface area contributed by atoms with Crippen molar-refractivity contribution in [2.45, 2.75) is 13.5 Å². The predicted octanol–water partition coefficient (Wildman–Crippen LogP) is 2.07. The number of nitrogens with zero attached hydrogens (tertiary/aromatic N) is 1. The average molecular weight is 292 g/mol. The molecule has 2 aromatic rings. The number of amides is 1. The first kappa shape index (κ1) is 14.0. The van der Waals surface area contributed by atoms with Crippen LogP contribution in [0.15, 0.2) is 28.9 Å². The van der Waals surface area contributed by atoms with Crippen LogP contribution in [0.5, 0.6) is 0 Å². The predicted molar refractivity (Wildman–Crippen MR) is 73.4 cm³/mol. The molecule has 0 saturated carbocycles. The van der Waals surface area contributed by atoms with Gasteiger partial charge >= 0.3 is 5.97 Å². The third kappa shape index (κ3) is 3.55. The molecule has 20 heavy (non-hydrogen) atoms. The third-order valence-electron chi connectivity index (χ3n) is 2.49. The molecule has 7 heteroatoms. The van der Waals surface area contributed by atoms with Gasteiger partial charge in [-0.05, 0) is 25.1 Å². The summed E-state index contributed by atoms with van der Waals surface area (Å²) in [4.78, 5) is 24.0. The molecule has 2 aromatic heterocycles. The lowest BCUT2D eigenvalue weighted by molar-refractivity contribution is -0.131. The zero-order valence-electron chi connectivity index (χ0n) is 10.6. The van der Waals surface area contributed by atoms with Gasteiger partial charge in [-0.1, -0.05) is 5.16 Å². The Morgan fingerprint density at radius 2 is 2.30 bits per heavy atom. The highest BCUT2D eigenvalue weighted by Crippen LogP contribution is 2.18. The Balaban J connectivity index is 1.93. The second kappa shape index (κ2) is 6.16. The Bertz CT molecular complexity index is 657. The zero-order valence-corrected chi connectivity index (χ0v) is 11.4. The highest BCUT2D eigenvalue weighted by molar-refractivity contribution is 7.12. The highest BCUT2D eigenvalue weighted by atomic mass is 32.1. The van der Waals surface area contributed by atoms with Crippen molar-refractivity contribution >= 4 is 29.3 Å². The van der Waals surface area contributed by atoms with E-state index in [-0.39, 0.29) is 5.91 Å². The zero-order chi connectivity index (χ0) is 14.5. The number of hydrogen-bond donors (Lipinski definition) is 2. The van der Waals surface area contributed by atoms with Crippen LogP contribution in [0.1, 0.15) is 25.9 Å². The molecule has 1 amide bonds. The lowest BCUT2D eigenvalue weighted by Crippen LogP contribution is -2.22. The summed E-state index contributed by atoms with van der Waals surface area (Å²) in [6.07, 6.45) is 3.97. The summed E-state index contributed by atoms with van der Waals surface area (Å²) in [5.41, 5.74) is 0.410. The van der Waals surface area contributed by atoms with E-state index in [2.05, 4.69) is 10.5 Å². The van der Waals surface area contributed by atoms with E-state index < -0.39 is 5.97 Å². The van der Waals surface area contributed by atoms with Crippen molar-refractivity contribution in [2.75, 3.05) is 0 Å². The van der Waals surface area contributed by atoms with Crippen molar-refractivity contribution in [1.82, 2.24) is 10.5 Å². The molecule has 0 aliphatic carbocycles. The van der Waals surface area contributed by atoms with Gasteiger partial charge in [0.2, 0.25) is 0 Å². The van der Waals surface area contributed by atoms with E-state index in [1.54, 1.807) is 13.0 Å². The molecule has 0 aromatic carbocycles. The topological polar surface area (TPSA) is 92.4 Å². The largest absolute Gasteiger partial charge is 0.478 e. The van der Waals surface area contributed by atoms with Gasteiger partial charge in [-0.15, -0.1) is 11.3 Å². The fourth-order valence-corrected chi connectivity index (χ4v) is 2.37. The fraction of sp³-hybridized carbons (Fsp3) is 0.154. The lowest BCUT2D eigenvalue weighted by Gasteiger charge is -2.01. The number of carbonyl (C=O) groups excluding carboxylic acids is 1. The maximum absolute atomic E-state index is 11.8. The van der Waals surface area contributed by atoms with Crippen LogP contribution in [0.4, 0.5) is 0 Å². The number of carboxylic acid groups (broad SMARTS) is 1. The van der Waals surface area contributed by atoms with Gasteiger partial charge < -0.3 is 14.9 Å². The van der Waals surface area contributed by atoms with E-state index in [0.717, 1.165) is 15.8 Å². The van der Waals surface area contributed by atoms with Gasteiger partial charge in [0, 0.05) is 15.8 Å². The van der Waals surface area contributed by atoms with Crippen molar-refractivity contribution in [2.24, 2.45) is 0 Å². The molecule has 6 nitrogen and oxygen atoms in total. The van der Waals surface area contributed by atoms with Crippen molar-refractivity contribution in [1.29, 1.82) is 0 Å². The van der Waals surface area contributed by atoms with E-state index in [1.807, 2.05) is 6.07 Å². The smallest absolute Gasteiger partial charge is 0.328 e. The molecule has 0 saturated heterocycles. The number of carboxylic acids is 1. The number of aryl methyl sites for hydroxylation is 1. The number of aliphatic carboxylic acids is 1. The van der Waals surface area contributed by atoms with E-state index in [4.69, 9.17) is 9.63 Å². The molecule has 0 unspecified atom stereocenters. The van der Waals surface area contributed by atoms with Crippen LogP contribution >= 0.6 is 11.3 Å². The molecular weight excluding hydrogens is 280 g/mol. The van der Waals surface area contributed by atoms with E-state index in [9.17, 15) is 9.59 Å². The number of carbonyl (C=O) groups is 2. The Hall–Kier alpha value is -2.41. The molecule has 104 valence electrons. The van der Waals surface area contributed by atoms with Crippen LogP contribution in [0.2, 0.25) is 0 Å². The molecule has 2 N–H and O–H groups in total. The first-order valence-corrected chi connectivity index (χ1v) is 6.57. The van der Waals surface area contributed by atoms with Gasteiger partial charge in [-0.3, -0.25) is 4.79 Å². The van der Waals surface area contributed by atoms with Gasteiger partial charge in [-0.25, -0.2) is 4.79 Å². The van der Waals surface area contributed by atoms with Gasteiger partial charge in [0.25, 0.3) is 5.91 Å². The van der Waals surface area contributed by atoms with Crippen molar-refractivity contribution in [3.63, 3.8) is 0 Å². The SMILES string of the molecule is Cc1oncc1C(=O)NCc1ccc(C=CC(=O)O)s1. The molecule has 0 bridgehead atoms. The van der Waals surface area contributed by atoms with Crippen molar-refractivity contribution < 1.29 is 19.2 Å². The van der Waals surface area contributed by atoms with Crippen LogP contribution in [0.3, 0.4) is 0 Å². The van der Waals surface area contributed by atoms with Gasteiger partial charge in [0.1, 0.15) is 11.3 Å². The second-order valence-corrected chi connectivity index (χ2v) is 5.15. The summed E-state index contributed by atoms with van der Waals surface area (Å²) in [5, 5.41) is 14.8. The second-order valence-electron chi connectivity index (χ2n) is 3.95. The van der Waals surface area contributed by atoms with Crippen LogP contribution in [-0.2, 0) is 11.3 Å². The number of rotatable bonds is 5. The first-order chi connectivity index (χ1) is 9.56. The summed E-state index contributed by atoms with van der Waals surface area (Å²) >= 11 is 1.41. The maximum Gasteiger partial charge on any atom is 0.328 e. The molecule has 0 atom stereocenters. The molecule has 0 aliphatic rings. The Morgan fingerprint density at radius 1 is 1.50 bits per heavy atom. The van der Waals surface area contributed by atoms with Crippen LogP contribution in [-0.4, -0.2) is 22.1 Å². The summed E-state index contributed by atoms with van der Waals surface area (Å²) in [6.45, 7) is 2.04. The fourth-order valence-electron chi connectivity index (χ4n) is 1.51. The molecule has 0 spiro atoms. The summed E-state index contributed by atoms with van der Waals surface area (Å²) in [5.74, 6) is -0.769. The monoisotopic (exact) mass is 292 g/mol. The molecular formula is C13H12N2O4S. The molecule has 0 aliphatic heterocycles. The quantitative estimate of drug-likeness (QED) is 0.823. The minimum atomic E-state index is -0.990. The van der Waals surface area contributed by atoms with Crippen LogP contribution < -0.4 is 5.32 Å². The third-order valence-corrected chi connectivity index (χ3v) is 3.54. The maximum atomic E-state index is 11.8. The van der Waals surface area contributed by atoms with E-state index in [1.165, 1.54) is 23.6 Å². The first-order valence-electron chi connectivity index (χ1n) is 5.75. The molecule has 2 rings (SSSR count).